The van der Waals surface area contributed by atoms with E-state index in [2.05, 4.69) is 5.10 Å². The van der Waals surface area contributed by atoms with Crippen LogP contribution in [0.1, 0.15) is 10.5 Å². The Morgan fingerprint density at radius 1 is 1.57 bits per heavy atom. The predicted octanol–water partition coefficient (Wildman–Crippen LogP) is 1.68. The third-order valence-corrected chi connectivity index (χ3v) is 2.45. The van der Waals surface area contributed by atoms with Gasteiger partial charge in [0.2, 0.25) is 0 Å². The average Bonchev–Trinajstić information content (AvgIpc) is 2.75. The number of hydrogen-bond acceptors (Lipinski definition) is 2. The monoisotopic (exact) mass is 209 g/mol. The van der Waals surface area contributed by atoms with E-state index in [4.69, 9.17) is 11.6 Å². The number of halogens is 1. The van der Waals surface area contributed by atoms with Crippen molar-refractivity contribution in [1.82, 2.24) is 14.3 Å². The molecule has 0 bridgehead atoms. The summed E-state index contributed by atoms with van der Waals surface area (Å²) in [7, 11) is 1.75. The van der Waals surface area contributed by atoms with Crippen molar-refractivity contribution in [2.75, 3.05) is 0 Å². The Morgan fingerprint density at radius 2 is 2.36 bits per heavy atom. The van der Waals surface area contributed by atoms with Crippen molar-refractivity contribution >= 4 is 17.9 Å². The summed E-state index contributed by atoms with van der Waals surface area (Å²) in [4.78, 5) is 10.7. The van der Waals surface area contributed by atoms with E-state index in [0.717, 1.165) is 6.29 Å². The van der Waals surface area contributed by atoms with Gasteiger partial charge < -0.3 is 4.57 Å². The average molecular weight is 210 g/mol. The van der Waals surface area contributed by atoms with Crippen LogP contribution >= 0.6 is 11.6 Å². The van der Waals surface area contributed by atoms with E-state index in [-0.39, 0.29) is 0 Å². The lowest BCUT2D eigenvalue weighted by Gasteiger charge is -2.01. The summed E-state index contributed by atoms with van der Waals surface area (Å²) in [6.07, 6.45) is 4.17. The first-order valence-electron chi connectivity index (χ1n) is 4.04. The number of rotatable bonds is 2. The van der Waals surface area contributed by atoms with Crippen LogP contribution in [0.2, 0.25) is 5.15 Å². The second-order valence-corrected chi connectivity index (χ2v) is 3.22. The van der Waals surface area contributed by atoms with Gasteiger partial charge in [-0.15, -0.1) is 0 Å². The molecule has 0 atom stereocenters. The van der Waals surface area contributed by atoms with Gasteiger partial charge in [-0.2, -0.15) is 5.10 Å². The van der Waals surface area contributed by atoms with E-state index in [0.29, 0.717) is 16.5 Å². The van der Waals surface area contributed by atoms with Gasteiger partial charge in [0.05, 0.1) is 11.9 Å². The zero-order valence-corrected chi connectivity index (χ0v) is 8.27. The van der Waals surface area contributed by atoms with E-state index >= 15 is 0 Å². The van der Waals surface area contributed by atoms with E-state index in [9.17, 15) is 4.79 Å². The lowest BCUT2D eigenvalue weighted by atomic mass is 10.4. The number of nitrogens with zero attached hydrogens (tertiary/aromatic N) is 3. The Kier molecular flexibility index (Phi) is 2.13. The van der Waals surface area contributed by atoms with Crippen LogP contribution in [0.25, 0.3) is 5.69 Å². The first-order valence-corrected chi connectivity index (χ1v) is 4.42. The van der Waals surface area contributed by atoms with Crippen LogP contribution in [-0.4, -0.2) is 20.6 Å². The van der Waals surface area contributed by atoms with Crippen molar-refractivity contribution in [2.24, 2.45) is 7.05 Å². The third kappa shape index (κ3) is 1.24. The number of carbonyl (C=O) groups is 1. The van der Waals surface area contributed by atoms with Crippen molar-refractivity contribution in [1.29, 1.82) is 0 Å². The minimum atomic E-state index is 0.504. The molecule has 2 heterocycles. The molecule has 5 heteroatoms. The van der Waals surface area contributed by atoms with Crippen molar-refractivity contribution in [3.05, 3.63) is 35.4 Å². The number of carbonyl (C=O) groups excluding carboxylic acids is 1. The standard InChI is InChI=1S/C9H8ClN3O/c1-12-9(10)8(5-11-12)13-4-2-3-7(13)6-14/h2-6H,1H3. The van der Waals surface area contributed by atoms with Crippen molar-refractivity contribution in [3.8, 4) is 5.69 Å². The normalized spacial score (nSPS) is 10.4. The summed E-state index contributed by atoms with van der Waals surface area (Å²) in [5, 5.41) is 4.50. The number of aromatic nitrogens is 3. The van der Waals surface area contributed by atoms with Gasteiger partial charge in [-0.1, -0.05) is 11.6 Å². The molecule has 4 nitrogen and oxygen atoms in total. The molecule has 0 saturated heterocycles. The Morgan fingerprint density at radius 3 is 2.93 bits per heavy atom. The molecular formula is C9H8ClN3O. The fourth-order valence-electron chi connectivity index (χ4n) is 1.28. The zero-order chi connectivity index (χ0) is 10.1. The highest BCUT2D eigenvalue weighted by Gasteiger charge is 2.09. The quantitative estimate of drug-likeness (QED) is 0.706. The van der Waals surface area contributed by atoms with Gasteiger partial charge in [0.1, 0.15) is 5.69 Å². The van der Waals surface area contributed by atoms with Crippen LogP contribution < -0.4 is 0 Å². The summed E-state index contributed by atoms with van der Waals surface area (Å²) in [5.41, 5.74) is 1.26. The molecule has 0 aliphatic heterocycles. The topological polar surface area (TPSA) is 39.8 Å². The molecule has 14 heavy (non-hydrogen) atoms. The van der Waals surface area contributed by atoms with Gasteiger partial charge in [-0.3, -0.25) is 9.48 Å². The van der Waals surface area contributed by atoms with Gasteiger partial charge in [-0.05, 0) is 12.1 Å². The highest BCUT2D eigenvalue weighted by Crippen LogP contribution is 2.20. The molecule has 2 aromatic heterocycles. The van der Waals surface area contributed by atoms with Crippen LogP contribution in [0.4, 0.5) is 0 Å². The lowest BCUT2D eigenvalue weighted by Crippen LogP contribution is -1.97. The minimum Gasteiger partial charge on any atom is -0.310 e. The molecule has 0 N–H and O–H groups in total. The number of aryl methyl sites for hydroxylation is 1. The number of hydrogen-bond donors (Lipinski definition) is 0. The minimum absolute atomic E-state index is 0.504. The summed E-state index contributed by atoms with van der Waals surface area (Å²) in [5.74, 6) is 0. The van der Waals surface area contributed by atoms with Gasteiger partial charge >= 0.3 is 0 Å². The molecule has 0 aliphatic carbocycles. The predicted molar refractivity (Wildman–Crippen MR) is 52.9 cm³/mol. The summed E-state index contributed by atoms with van der Waals surface area (Å²) in [6.45, 7) is 0. The molecule has 0 aliphatic rings. The molecule has 0 saturated carbocycles. The molecule has 0 unspecified atom stereocenters. The van der Waals surface area contributed by atoms with E-state index in [1.165, 1.54) is 0 Å². The van der Waals surface area contributed by atoms with E-state index in [1.54, 1.807) is 40.8 Å². The van der Waals surface area contributed by atoms with Crippen LogP contribution in [0.3, 0.4) is 0 Å². The van der Waals surface area contributed by atoms with Gasteiger partial charge in [0, 0.05) is 13.2 Å². The molecule has 0 aromatic carbocycles. The second-order valence-electron chi connectivity index (χ2n) is 2.87. The molecule has 0 fully saturated rings. The van der Waals surface area contributed by atoms with Gasteiger partial charge in [0.25, 0.3) is 0 Å². The molecule has 72 valence electrons. The molecule has 0 spiro atoms. The van der Waals surface area contributed by atoms with E-state index < -0.39 is 0 Å². The third-order valence-electron chi connectivity index (χ3n) is 2.01. The van der Waals surface area contributed by atoms with Crippen LogP contribution in [0.5, 0.6) is 0 Å². The smallest absolute Gasteiger partial charge is 0.166 e. The van der Waals surface area contributed by atoms with Crippen LogP contribution in [0.15, 0.2) is 24.5 Å². The largest absolute Gasteiger partial charge is 0.310 e. The molecule has 0 amide bonds. The van der Waals surface area contributed by atoms with Crippen molar-refractivity contribution in [2.45, 2.75) is 0 Å². The summed E-state index contributed by atoms with van der Waals surface area (Å²) >= 11 is 5.99. The first-order chi connectivity index (χ1) is 6.74. The van der Waals surface area contributed by atoms with Crippen LogP contribution in [0, 0.1) is 0 Å². The Balaban J connectivity index is 2.59. The van der Waals surface area contributed by atoms with E-state index in [1.807, 2.05) is 0 Å². The molecule has 0 radical (unpaired) electrons. The molecular weight excluding hydrogens is 202 g/mol. The van der Waals surface area contributed by atoms with Crippen molar-refractivity contribution < 1.29 is 4.79 Å². The first kappa shape index (κ1) is 9.02. The summed E-state index contributed by atoms with van der Waals surface area (Å²) < 4.78 is 3.24. The summed E-state index contributed by atoms with van der Waals surface area (Å²) in [6, 6.07) is 3.50. The maximum atomic E-state index is 10.7. The Labute approximate surface area is 85.7 Å². The number of aldehydes is 1. The maximum absolute atomic E-state index is 10.7. The second kappa shape index (κ2) is 3.31. The molecule has 2 aromatic rings. The van der Waals surface area contributed by atoms with Gasteiger partial charge in [-0.25, -0.2) is 0 Å². The fourth-order valence-corrected chi connectivity index (χ4v) is 1.47. The lowest BCUT2D eigenvalue weighted by molar-refractivity contribution is 0.111. The Bertz CT molecular complexity index is 472. The maximum Gasteiger partial charge on any atom is 0.166 e. The Hall–Kier alpha value is -1.55. The highest BCUT2D eigenvalue weighted by atomic mass is 35.5. The van der Waals surface area contributed by atoms with Crippen LogP contribution in [-0.2, 0) is 7.05 Å². The zero-order valence-electron chi connectivity index (χ0n) is 7.51. The highest BCUT2D eigenvalue weighted by molar-refractivity contribution is 6.31. The fraction of sp³-hybridized carbons (Fsp3) is 0.111. The molecule has 2 rings (SSSR count). The van der Waals surface area contributed by atoms with Gasteiger partial charge in [0.15, 0.2) is 11.4 Å². The SMILES string of the molecule is Cn1ncc(-n2cccc2C=O)c1Cl. The van der Waals surface area contributed by atoms with Crippen molar-refractivity contribution in [3.63, 3.8) is 0 Å².